The molecule has 2 aromatic heterocycles. The molecule has 6 heteroatoms. The van der Waals surface area contributed by atoms with Crippen molar-refractivity contribution < 1.29 is 9.53 Å². The second-order valence-electron chi connectivity index (χ2n) is 4.47. The second-order valence-corrected chi connectivity index (χ2v) is 5.79. The number of esters is 1. The first-order valence-corrected chi connectivity index (χ1v) is 6.99. The normalized spacial score (nSPS) is 11.9. The van der Waals surface area contributed by atoms with Crippen LogP contribution in [0.1, 0.15) is 33.1 Å². The summed E-state index contributed by atoms with van der Waals surface area (Å²) in [4.78, 5) is 18.4. The summed E-state index contributed by atoms with van der Waals surface area (Å²) in [6.45, 7) is 4.08. The van der Waals surface area contributed by atoms with E-state index in [4.69, 9.17) is 10.5 Å². The number of pyridine rings is 1. The van der Waals surface area contributed by atoms with E-state index in [0.29, 0.717) is 17.1 Å². The summed E-state index contributed by atoms with van der Waals surface area (Å²) in [6, 6.07) is 5.74. The number of hydrogen-bond donors (Lipinski definition) is 2. The Morgan fingerprint density at radius 1 is 1.50 bits per heavy atom. The number of nitrogens with zero attached hydrogens (tertiary/aromatic N) is 1. The Labute approximate surface area is 121 Å². The number of nitrogens with one attached hydrogen (secondary N) is 1. The van der Waals surface area contributed by atoms with Gasteiger partial charge in [0, 0.05) is 9.75 Å². The Balaban J connectivity index is 2.26. The smallest absolute Gasteiger partial charge is 0.341 e. The third-order valence-corrected chi connectivity index (χ3v) is 4.04. The fraction of sp³-hybridized carbons (Fsp3) is 0.286. The van der Waals surface area contributed by atoms with E-state index in [9.17, 15) is 4.79 Å². The van der Waals surface area contributed by atoms with E-state index >= 15 is 0 Å². The molecule has 0 fully saturated rings. The van der Waals surface area contributed by atoms with Gasteiger partial charge in [0.25, 0.3) is 0 Å². The molecule has 0 spiro atoms. The number of nitrogen functional groups attached to an aromatic ring is 1. The van der Waals surface area contributed by atoms with Crippen LogP contribution in [0.25, 0.3) is 0 Å². The number of ether oxygens (including phenoxy) is 1. The van der Waals surface area contributed by atoms with E-state index in [1.807, 2.05) is 6.92 Å². The van der Waals surface area contributed by atoms with Crippen LogP contribution in [0.15, 0.2) is 24.4 Å². The minimum Gasteiger partial charge on any atom is -0.465 e. The van der Waals surface area contributed by atoms with Gasteiger partial charge in [-0.15, -0.1) is 11.3 Å². The Morgan fingerprint density at radius 3 is 2.85 bits per heavy atom. The highest BCUT2D eigenvalue weighted by Gasteiger charge is 2.16. The fourth-order valence-corrected chi connectivity index (χ4v) is 2.70. The van der Waals surface area contributed by atoms with Crippen LogP contribution in [0.2, 0.25) is 0 Å². The zero-order chi connectivity index (χ0) is 14.7. The van der Waals surface area contributed by atoms with E-state index < -0.39 is 5.97 Å². The molecular formula is C14H17N3O2S. The van der Waals surface area contributed by atoms with Crippen LogP contribution in [0.3, 0.4) is 0 Å². The van der Waals surface area contributed by atoms with Gasteiger partial charge in [-0.05, 0) is 32.0 Å². The summed E-state index contributed by atoms with van der Waals surface area (Å²) in [6.07, 6.45) is 1.52. The summed E-state index contributed by atoms with van der Waals surface area (Å²) >= 11 is 1.71. The van der Waals surface area contributed by atoms with Gasteiger partial charge in [0.2, 0.25) is 0 Å². The number of nitrogens with two attached hydrogens (primary N) is 1. The summed E-state index contributed by atoms with van der Waals surface area (Å²) in [5.41, 5.74) is 6.44. The highest BCUT2D eigenvalue weighted by molar-refractivity contribution is 7.12. The average Bonchev–Trinajstić information content (AvgIpc) is 2.86. The lowest BCUT2D eigenvalue weighted by atomic mass is 10.2. The number of methoxy groups -OCH3 is 1. The number of rotatable bonds is 4. The van der Waals surface area contributed by atoms with Gasteiger partial charge in [0.05, 0.1) is 25.0 Å². The van der Waals surface area contributed by atoms with Gasteiger partial charge in [0.1, 0.15) is 11.4 Å². The van der Waals surface area contributed by atoms with Gasteiger partial charge in [-0.2, -0.15) is 0 Å². The minimum atomic E-state index is -0.457. The summed E-state index contributed by atoms with van der Waals surface area (Å²) in [5.74, 6) is 0.0199. The van der Waals surface area contributed by atoms with Crippen LogP contribution < -0.4 is 11.1 Å². The number of hydrogen-bond acceptors (Lipinski definition) is 6. The Morgan fingerprint density at radius 2 is 2.25 bits per heavy atom. The molecule has 3 N–H and O–H groups in total. The monoisotopic (exact) mass is 291 g/mol. The quantitative estimate of drug-likeness (QED) is 0.847. The van der Waals surface area contributed by atoms with Gasteiger partial charge >= 0.3 is 5.97 Å². The predicted octanol–water partition coefficient (Wildman–Crippen LogP) is 2.99. The first-order chi connectivity index (χ1) is 9.51. The molecule has 1 atom stereocenters. The summed E-state index contributed by atoms with van der Waals surface area (Å²) in [5, 5.41) is 3.23. The first kappa shape index (κ1) is 14.3. The molecule has 0 saturated heterocycles. The molecule has 2 rings (SSSR count). The maximum Gasteiger partial charge on any atom is 0.341 e. The molecule has 0 radical (unpaired) electrons. The van der Waals surface area contributed by atoms with Gasteiger partial charge in [-0.3, -0.25) is 0 Å². The second kappa shape index (κ2) is 5.92. The van der Waals surface area contributed by atoms with Gasteiger partial charge in [-0.1, -0.05) is 0 Å². The molecule has 0 amide bonds. The molecule has 0 saturated carbocycles. The van der Waals surface area contributed by atoms with Crippen LogP contribution in [0.5, 0.6) is 0 Å². The van der Waals surface area contributed by atoms with Crippen molar-refractivity contribution in [2.24, 2.45) is 0 Å². The number of aromatic nitrogens is 1. The third-order valence-electron chi connectivity index (χ3n) is 2.86. The predicted molar refractivity (Wildman–Crippen MR) is 81.1 cm³/mol. The van der Waals surface area contributed by atoms with Crippen LogP contribution in [0.4, 0.5) is 11.5 Å². The highest BCUT2D eigenvalue weighted by Crippen LogP contribution is 2.27. The van der Waals surface area contributed by atoms with Crippen LogP contribution in [-0.2, 0) is 4.74 Å². The molecule has 0 bridgehead atoms. The topological polar surface area (TPSA) is 77.2 Å². The van der Waals surface area contributed by atoms with E-state index in [-0.39, 0.29) is 6.04 Å². The molecule has 1 unspecified atom stereocenters. The molecule has 2 aromatic rings. The molecule has 0 aliphatic heterocycles. The number of anilines is 2. The van der Waals surface area contributed by atoms with Crippen molar-refractivity contribution >= 4 is 28.8 Å². The molecule has 20 heavy (non-hydrogen) atoms. The van der Waals surface area contributed by atoms with E-state index in [1.165, 1.54) is 23.1 Å². The Bertz CT molecular complexity index is 625. The molecule has 0 aliphatic rings. The lowest BCUT2D eigenvalue weighted by molar-refractivity contribution is 0.0601. The lowest BCUT2D eigenvalue weighted by Gasteiger charge is -2.15. The van der Waals surface area contributed by atoms with Crippen molar-refractivity contribution in [2.45, 2.75) is 19.9 Å². The fourth-order valence-electron chi connectivity index (χ4n) is 1.82. The Hall–Kier alpha value is -2.08. The molecular weight excluding hydrogens is 274 g/mol. The largest absolute Gasteiger partial charge is 0.465 e. The molecule has 0 aromatic carbocycles. The van der Waals surface area contributed by atoms with E-state index in [2.05, 4.69) is 29.4 Å². The molecule has 5 nitrogen and oxygen atoms in total. The first-order valence-electron chi connectivity index (χ1n) is 6.18. The summed E-state index contributed by atoms with van der Waals surface area (Å²) in [7, 11) is 1.33. The maximum absolute atomic E-state index is 11.8. The number of aryl methyl sites for hydroxylation is 1. The third kappa shape index (κ3) is 3.08. The van der Waals surface area contributed by atoms with Crippen molar-refractivity contribution in [3.8, 4) is 0 Å². The summed E-state index contributed by atoms with van der Waals surface area (Å²) < 4.78 is 4.75. The van der Waals surface area contributed by atoms with Crippen molar-refractivity contribution in [3.63, 3.8) is 0 Å². The molecule has 106 valence electrons. The zero-order valence-electron chi connectivity index (χ0n) is 11.6. The average molecular weight is 291 g/mol. The number of thiophene rings is 1. The van der Waals surface area contributed by atoms with Gasteiger partial charge < -0.3 is 15.8 Å². The van der Waals surface area contributed by atoms with Crippen molar-refractivity contribution in [2.75, 3.05) is 18.2 Å². The van der Waals surface area contributed by atoms with Crippen LogP contribution in [0, 0.1) is 6.92 Å². The Kier molecular flexibility index (Phi) is 4.24. The molecule has 2 heterocycles. The number of carbonyl (C=O) groups excluding carboxylic acids is 1. The van der Waals surface area contributed by atoms with Crippen molar-refractivity contribution in [1.82, 2.24) is 4.98 Å². The van der Waals surface area contributed by atoms with Crippen molar-refractivity contribution in [1.29, 1.82) is 0 Å². The maximum atomic E-state index is 11.8. The zero-order valence-corrected chi connectivity index (χ0v) is 12.5. The van der Waals surface area contributed by atoms with E-state index in [1.54, 1.807) is 17.4 Å². The van der Waals surface area contributed by atoms with Crippen LogP contribution >= 0.6 is 11.3 Å². The molecule has 0 aliphatic carbocycles. The highest BCUT2D eigenvalue weighted by atomic mass is 32.1. The van der Waals surface area contributed by atoms with Gasteiger partial charge in [0.15, 0.2) is 0 Å². The number of carbonyl (C=O) groups is 1. The lowest BCUT2D eigenvalue weighted by Crippen LogP contribution is -2.13. The van der Waals surface area contributed by atoms with Gasteiger partial charge in [-0.25, -0.2) is 9.78 Å². The SMILES string of the molecule is COC(=O)c1cc(N)cnc1NC(C)c1ccc(C)s1. The van der Waals surface area contributed by atoms with Crippen LogP contribution in [-0.4, -0.2) is 18.1 Å². The standard InChI is InChI=1S/C14H17N3O2S/c1-8-4-5-12(20-8)9(2)17-13-11(14(18)19-3)6-10(15)7-16-13/h4-7,9H,15H2,1-3H3,(H,16,17). The van der Waals surface area contributed by atoms with Crippen molar-refractivity contribution in [3.05, 3.63) is 39.7 Å². The minimum absolute atomic E-state index is 0.0493. The van der Waals surface area contributed by atoms with E-state index in [0.717, 1.165) is 0 Å².